The van der Waals surface area contributed by atoms with Crippen LogP contribution in [0, 0.1) is 0 Å². The van der Waals surface area contributed by atoms with Crippen molar-refractivity contribution in [3.8, 4) is 22.6 Å². The van der Waals surface area contributed by atoms with E-state index < -0.39 is 6.36 Å². The van der Waals surface area contributed by atoms with Crippen LogP contribution in [0.25, 0.3) is 11.1 Å². The highest BCUT2D eigenvalue weighted by Crippen LogP contribution is 2.34. The van der Waals surface area contributed by atoms with E-state index in [2.05, 4.69) is 4.74 Å². The van der Waals surface area contributed by atoms with Crippen LogP contribution in [0.4, 0.5) is 13.2 Å². The molecular formula is C13H9F3O2. The predicted octanol–water partition coefficient (Wildman–Crippen LogP) is 3.96. The number of hydrogen-bond donors (Lipinski definition) is 1. The van der Waals surface area contributed by atoms with E-state index in [9.17, 15) is 18.3 Å². The SMILES string of the molecule is Oc1cccc(-c2ccccc2OC(F)(F)F)c1. The first kappa shape index (κ1) is 12.3. The Hall–Kier alpha value is -2.17. The minimum absolute atomic E-state index is 0.0192. The standard InChI is InChI=1S/C13H9F3O2/c14-13(15,16)18-12-7-2-1-6-11(12)9-4-3-5-10(17)8-9/h1-8,17H. The molecule has 2 nitrogen and oxygen atoms in total. The Bertz CT molecular complexity index is 550. The number of para-hydroxylation sites is 1. The molecule has 0 amide bonds. The van der Waals surface area contributed by atoms with Gasteiger partial charge in [0.25, 0.3) is 0 Å². The second-order valence-electron chi connectivity index (χ2n) is 3.59. The topological polar surface area (TPSA) is 29.5 Å². The lowest BCUT2D eigenvalue weighted by atomic mass is 10.0. The lowest BCUT2D eigenvalue weighted by molar-refractivity contribution is -0.274. The largest absolute Gasteiger partial charge is 0.573 e. The van der Waals surface area contributed by atoms with E-state index >= 15 is 0 Å². The first-order valence-corrected chi connectivity index (χ1v) is 5.10. The highest BCUT2D eigenvalue weighted by atomic mass is 19.4. The molecule has 0 aliphatic heterocycles. The number of alkyl halides is 3. The zero-order valence-electron chi connectivity index (χ0n) is 9.11. The fourth-order valence-corrected chi connectivity index (χ4v) is 1.59. The van der Waals surface area contributed by atoms with Crippen molar-refractivity contribution < 1.29 is 23.0 Å². The van der Waals surface area contributed by atoms with Crippen molar-refractivity contribution in [3.05, 3.63) is 48.5 Å². The maximum absolute atomic E-state index is 12.2. The molecule has 0 heterocycles. The van der Waals surface area contributed by atoms with Crippen LogP contribution < -0.4 is 4.74 Å². The number of rotatable bonds is 2. The van der Waals surface area contributed by atoms with Gasteiger partial charge in [0, 0.05) is 5.56 Å². The van der Waals surface area contributed by atoms with Crippen LogP contribution in [0.2, 0.25) is 0 Å². The summed E-state index contributed by atoms with van der Waals surface area (Å²) >= 11 is 0. The van der Waals surface area contributed by atoms with Crippen LogP contribution in [-0.2, 0) is 0 Å². The smallest absolute Gasteiger partial charge is 0.508 e. The van der Waals surface area contributed by atoms with Crippen LogP contribution >= 0.6 is 0 Å². The third-order valence-electron chi connectivity index (χ3n) is 2.27. The van der Waals surface area contributed by atoms with Crippen molar-refractivity contribution in [2.75, 3.05) is 0 Å². The Morgan fingerprint density at radius 1 is 0.944 bits per heavy atom. The van der Waals surface area contributed by atoms with Crippen LogP contribution in [0.3, 0.4) is 0 Å². The van der Waals surface area contributed by atoms with E-state index in [0.717, 1.165) is 0 Å². The third-order valence-corrected chi connectivity index (χ3v) is 2.27. The molecule has 0 aromatic heterocycles. The van der Waals surface area contributed by atoms with Gasteiger partial charge < -0.3 is 9.84 Å². The highest BCUT2D eigenvalue weighted by molar-refractivity contribution is 5.71. The van der Waals surface area contributed by atoms with Gasteiger partial charge in [0.05, 0.1) is 0 Å². The van der Waals surface area contributed by atoms with Gasteiger partial charge in [-0.2, -0.15) is 0 Å². The Morgan fingerprint density at radius 2 is 1.67 bits per heavy atom. The molecule has 18 heavy (non-hydrogen) atoms. The number of halogens is 3. The predicted molar refractivity (Wildman–Crippen MR) is 60.2 cm³/mol. The average molecular weight is 254 g/mol. The summed E-state index contributed by atoms with van der Waals surface area (Å²) in [5.74, 6) is -0.315. The van der Waals surface area contributed by atoms with E-state index in [1.807, 2.05) is 0 Å². The number of phenolic OH excluding ortho intramolecular Hbond substituents is 1. The molecule has 94 valence electrons. The quantitative estimate of drug-likeness (QED) is 0.879. The molecule has 0 atom stereocenters. The van der Waals surface area contributed by atoms with Crippen LogP contribution in [0.1, 0.15) is 0 Å². The van der Waals surface area contributed by atoms with E-state index in [0.29, 0.717) is 5.56 Å². The fraction of sp³-hybridized carbons (Fsp3) is 0.0769. The summed E-state index contributed by atoms with van der Waals surface area (Å²) in [5, 5.41) is 9.33. The lowest BCUT2D eigenvalue weighted by Gasteiger charge is -2.13. The van der Waals surface area contributed by atoms with Gasteiger partial charge in [-0.15, -0.1) is 13.2 Å². The van der Waals surface area contributed by atoms with Gasteiger partial charge in [-0.25, -0.2) is 0 Å². The van der Waals surface area contributed by atoms with E-state index in [-0.39, 0.29) is 17.1 Å². The molecule has 5 heteroatoms. The van der Waals surface area contributed by atoms with Crippen molar-refractivity contribution in [2.24, 2.45) is 0 Å². The highest BCUT2D eigenvalue weighted by Gasteiger charge is 2.32. The van der Waals surface area contributed by atoms with Gasteiger partial charge >= 0.3 is 6.36 Å². The van der Waals surface area contributed by atoms with Gasteiger partial charge in [0.15, 0.2) is 0 Å². The molecule has 0 fully saturated rings. The summed E-state index contributed by atoms with van der Waals surface area (Å²) < 4.78 is 40.7. The zero-order chi connectivity index (χ0) is 13.2. The first-order valence-electron chi connectivity index (χ1n) is 5.10. The Morgan fingerprint density at radius 3 is 2.33 bits per heavy atom. The monoisotopic (exact) mass is 254 g/mol. The molecule has 0 saturated carbocycles. The lowest BCUT2D eigenvalue weighted by Crippen LogP contribution is -2.17. The Balaban J connectivity index is 2.45. The molecule has 2 aromatic carbocycles. The van der Waals surface area contributed by atoms with Gasteiger partial charge in [-0.05, 0) is 23.8 Å². The van der Waals surface area contributed by atoms with Gasteiger partial charge in [0.2, 0.25) is 0 Å². The second kappa shape index (κ2) is 4.60. The Kier molecular flexibility index (Phi) is 3.14. The van der Waals surface area contributed by atoms with Crippen molar-refractivity contribution in [1.29, 1.82) is 0 Å². The molecule has 0 aliphatic rings. The normalized spacial score (nSPS) is 11.3. The molecular weight excluding hydrogens is 245 g/mol. The van der Waals surface area contributed by atoms with Gasteiger partial charge in [0.1, 0.15) is 11.5 Å². The minimum Gasteiger partial charge on any atom is -0.508 e. The van der Waals surface area contributed by atoms with E-state index in [4.69, 9.17) is 0 Å². The number of ether oxygens (including phenoxy) is 1. The molecule has 0 aliphatic carbocycles. The van der Waals surface area contributed by atoms with Crippen LogP contribution in [0.5, 0.6) is 11.5 Å². The number of hydrogen-bond acceptors (Lipinski definition) is 2. The van der Waals surface area contributed by atoms with Crippen LogP contribution in [0.15, 0.2) is 48.5 Å². The minimum atomic E-state index is -4.74. The Labute approximate surface area is 101 Å². The average Bonchev–Trinajstić information content (AvgIpc) is 2.27. The first-order chi connectivity index (χ1) is 8.46. The van der Waals surface area contributed by atoms with Crippen LogP contribution in [-0.4, -0.2) is 11.5 Å². The maximum Gasteiger partial charge on any atom is 0.573 e. The molecule has 0 bridgehead atoms. The number of phenols is 1. The summed E-state index contributed by atoms with van der Waals surface area (Å²) in [4.78, 5) is 0. The summed E-state index contributed by atoms with van der Waals surface area (Å²) in [6.07, 6.45) is -4.74. The maximum atomic E-state index is 12.2. The molecule has 2 rings (SSSR count). The fourth-order valence-electron chi connectivity index (χ4n) is 1.59. The van der Waals surface area contributed by atoms with Crippen molar-refractivity contribution in [3.63, 3.8) is 0 Å². The van der Waals surface area contributed by atoms with Gasteiger partial charge in [-0.1, -0.05) is 30.3 Å². The number of benzene rings is 2. The van der Waals surface area contributed by atoms with Gasteiger partial charge in [-0.3, -0.25) is 0 Å². The molecule has 0 unspecified atom stereocenters. The molecule has 0 spiro atoms. The van der Waals surface area contributed by atoms with Crippen molar-refractivity contribution in [2.45, 2.75) is 6.36 Å². The summed E-state index contributed by atoms with van der Waals surface area (Å²) in [6, 6.07) is 11.7. The van der Waals surface area contributed by atoms with Crippen molar-refractivity contribution in [1.82, 2.24) is 0 Å². The molecule has 2 aromatic rings. The van der Waals surface area contributed by atoms with Crippen molar-refractivity contribution >= 4 is 0 Å². The zero-order valence-corrected chi connectivity index (χ0v) is 9.11. The summed E-state index contributed by atoms with van der Waals surface area (Å²) in [7, 11) is 0. The molecule has 0 saturated heterocycles. The number of aromatic hydroxyl groups is 1. The van der Waals surface area contributed by atoms with E-state index in [1.165, 1.54) is 30.3 Å². The summed E-state index contributed by atoms with van der Waals surface area (Å²) in [6.45, 7) is 0. The third kappa shape index (κ3) is 2.94. The summed E-state index contributed by atoms with van der Waals surface area (Å²) in [5.41, 5.74) is 0.723. The molecule has 1 N–H and O–H groups in total. The van der Waals surface area contributed by atoms with E-state index in [1.54, 1.807) is 18.2 Å². The molecule has 0 radical (unpaired) electrons. The second-order valence-corrected chi connectivity index (χ2v) is 3.59.